The van der Waals surface area contributed by atoms with E-state index in [1.807, 2.05) is 18.2 Å². The van der Waals surface area contributed by atoms with Crippen LogP contribution in [0.15, 0.2) is 18.2 Å². The SMILES string of the molecule is CCCCCCCCCCCCOc1cc(OCCCCCCCCCCCC)cc(C(=O)NCCCCCCO[C@H]2O[C@H](CO)[C@@H](O)[C@H](O)[C@@H]2O)c1. The number of aliphatic hydroxyl groups excluding tert-OH is 4. The molecule has 0 bridgehead atoms. The van der Waals surface area contributed by atoms with Gasteiger partial charge in [-0.1, -0.05) is 142 Å². The molecule has 1 amide bonds. The Morgan fingerprint density at radius 3 is 1.49 bits per heavy atom. The predicted molar refractivity (Wildman–Crippen MR) is 212 cm³/mol. The number of carbonyl (C=O) groups excluding carboxylic acids is 1. The number of carbonyl (C=O) groups is 1. The Labute approximate surface area is 321 Å². The van der Waals surface area contributed by atoms with E-state index >= 15 is 0 Å². The molecule has 53 heavy (non-hydrogen) atoms. The van der Waals surface area contributed by atoms with Gasteiger partial charge in [0.15, 0.2) is 6.29 Å². The quantitative estimate of drug-likeness (QED) is 0.0438. The highest BCUT2D eigenvalue weighted by molar-refractivity contribution is 5.95. The van der Waals surface area contributed by atoms with Gasteiger partial charge in [0.2, 0.25) is 0 Å². The minimum atomic E-state index is -1.45. The number of benzene rings is 1. The zero-order chi connectivity index (χ0) is 38.4. The van der Waals surface area contributed by atoms with E-state index in [-0.39, 0.29) is 5.91 Å². The molecular formula is C43H77NO9. The van der Waals surface area contributed by atoms with Crippen LogP contribution in [-0.2, 0) is 9.47 Å². The molecule has 2 rings (SSSR count). The summed E-state index contributed by atoms with van der Waals surface area (Å²) < 4.78 is 23.2. The molecule has 10 nitrogen and oxygen atoms in total. The molecule has 1 aromatic carbocycles. The zero-order valence-electron chi connectivity index (χ0n) is 33.5. The molecule has 10 heteroatoms. The van der Waals surface area contributed by atoms with Crippen LogP contribution in [0.3, 0.4) is 0 Å². The van der Waals surface area contributed by atoms with Gasteiger partial charge in [-0.15, -0.1) is 0 Å². The number of nitrogens with one attached hydrogen (secondary N) is 1. The highest BCUT2D eigenvalue weighted by atomic mass is 16.7. The monoisotopic (exact) mass is 752 g/mol. The first-order valence-electron chi connectivity index (χ1n) is 21.5. The van der Waals surface area contributed by atoms with Gasteiger partial charge in [0.05, 0.1) is 19.8 Å². The predicted octanol–water partition coefficient (Wildman–Crippen LogP) is 8.39. The lowest BCUT2D eigenvalue weighted by atomic mass is 9.99. The van der Waals surface area contributed by atoms with Gasteiger partial charge in [-0.25, -0.2) is 0 Å². The van der Waals surface area contributed by atoms with E-state index in [4.69, 9.17) is 18.9 Å². The minimum absolute atomic E-state index is 0.149. The molecule has 0 saturated carbocycles. The molecule has 0 unspecified atom stereocenters. The van der Waals surface area contributed by atoms with Crippen molar-refractivity contribution < 1.29 is 44.2 Å². The summed E-state index contributed by atoms with van der Waals surface area (Å²) in [7, 11) is 0. The second-order valence-corrected chi connectivity index (χ2v) is 15.0. The maximum absolute atomic E-state index is 13.2. The average Bonchev–Trinajstić information content (AvgIpc) is 3.16. The Hall–Kier alpha value is -1.95. The van der Waals surface area contributed by atoms with E-state index < -0.39 is 37.3 Å². The van der Waals surface area contributed by atoms with Crippen molar-refractivity contribution in [2.45, 2.75) is 199 Å². The first-order chi connectivity index (χ1) is 25.9. The van der Waals surface area contributed by atoms with E-state index in [2.05, 4.69) is 19.2 Å². The smallest absolute Gasteiger partial charge is 0.251 e. The van der Waals surface area contributed by atoms with Crippen molar-refractivity contribution >= 4 is 5.91 Å². The third-order valence-corrected chi connectivity index (χ3v) is 10.2. The van der Waals surface area contributed by atoms with Crippen molar-refractivity contribution in [1.29, 1.82) is 0 Å². The van der Waals surface area contributed by atoms with Crippen molar-refractivity contribution in [3.05, 3.63) is 23.8 Å². The molecule has 1 heterocycles. The van der Waals surface area contributed by atoms with Crippen LogP contribution in [0, 0.1) is 0 Å². The third kappa shape index (κ3) is 21.7. The van der Waals surface area contributed by atoms with Crippen molar-refractivity contribution in [3.8, 4) is 11.5 Å². The summed E-state index contributed by atoms with van der Waals surface area (Å²) >= 11 is 0. The summed E-state index contributed by atoms with van der Waals surface area (Å²) in [5, 5.41) is 42.3. The van der Waals surface area contributed by atoms with Gasteiger partial charge in [-0.3, -0.25) is 4.79 Å². The number of unbranched alkanes of at least 4 members (excludes halogenated alkanes) is 21. The lowest BCUT2D eigenvalue weighted by Gasteiger charge is -2.39. The van der Waals surface area contributed by atoms with Gasteiger partial charge in [0, 0.05) is 24.8 Å². The fourth-order valence-corrected chi connectivity index (χ4v) is 6.72. The summed E-state index contributed by atoms with van der Waals surface area (Å²) in [6.45, 7) is 6.10. The molecule has 1 aromatic rings. The first kappa shape index (κ1) is 47.2. The van der Waals surface area contributed by atoms with Gasteiger partial charge >= 0.3 is 0 Å². The number of ether oxygens (including phenoxy) is 4. The molecule has 5 atom stereocenters. The lowest BCUT2D eigenvalue weighted by molar-refractivity contribution is -0.301. The molecule has 1 aliphatic rings. The Kier molecular flexibility index (Phi) is 27.9. The number of rotatable bonds is 34. The molecule has 0 spiro atoms. The Balaban J connectivity index is 1.72. The molecule has 308 valence electrons. The van der Waals surface area contributed by atoms with Crippen molar-refractivity contribution in [2.75, 3.05) is 33.0 Å². The Morgan fingerprint density at radius 1 is 0.585 bits per heavy atom. The zero-order valence-corrected chi connectivity index (χ0v) is 33.5. The number of hydrogen-bond donors (Lipinski definition) is 5. The molecule has 1 aliphatic heterocycles. The first-order valence-corrected chi connectivity index (χ1v) is 21.5. The van der Waals surface area contributed by atoms with E-state index in [0.717, 1.165) is 44.9 Å². The average molecular weight is 752 g/mol. The van der Waals surface area contributed by atoms with Crippen LogP contribution in [0.4, 0.5) is 0 Å². The van der Waals surface area contributed by atoms with Crippen LogP contribution in [0.25, 0.3) is 0 Å². The summed E-state index contributed by atoms with van der Waals surface area (Å²) in [6, 6.07) is 5.54. The summed E-state index contributed by atoms with van der Waals surface area (Å²) in [5.41, 5.74) is 0.538. The van der Waals surface area contributed by atoms with Gasteiger partial charge in [0.25, 0.3) is 5.91 Å². The lowest BCUT2D eigenvalue weighted by Crippen LogP contribution is -2.59. The number of amides is 1. The maximum Gasteiger partial charge on any atom is 0.251 e. The van der Waals surface area contributed by atoms with Crippen molar-refractivity contribution in [3.63, 3.8) is 0 Å². The largest absolute Gasteiger partial charge is 0.493 e. The van der Waals surface area contributed by atoms with Crippen LogP contribution in [0.1, 0.15) is 178 Å². The number of hydrogen-bond acceptors (Lipinski definition) is 9. The van der Waals surface area contributed by atoms with E-state index in [1.165, 1.54) is 103 Å². The van der Waals surface area contributed by atoms with Crippen molar-refractivity contribution in [1.82, 2.24) is 5.32 Å². The summed E-state index contributed by atoms with van der Waals surface area (Å²) in [5.74, 6) is 1.20. The third-order valence-electron chi connectivity index (χ3n) is 10.2. The van der Waals surface area contributed by atoms with Gasteiger partial charge in [0.1, 0.15) is 35.9 Å². The van der Waals surface area contributed by atoms with E-state index in [0.29, 0.717) is 49.8 Å². The molecule has 0 aliphatic carbocycles. The van der Waals surface area contributed by atoms with Crippen LogP contribution >= 0.6 is 0 Å². The second-order valence-electron chi connectivity index (χ2n) is 15.0. The van der Waals surface area contributed by atoms with Crippen LogP contribution in [-0.4, -0.2) is 90.0 Å². The Morgan fingerprint density at radius 2 is 1.02 bits per heavy atom. The van der Waals surface area contributed by atoms with Crippen LogP contribution in [0.2, 0.25) is 0 Å². The molecule has 0 aromatic heterocycles. The topological polar surface area (TPSA) is 147 Å². The molecule has 1 fully saturated rings. The molecule has 1 saturated heterocycles. The van der Waals surface area contributed by atoms with Gasteiger partial charge in [-0.2, -0.15) is 0 Å². The fourth-order valence-electron chi connectivity index (χ4n) is 6.72. The van der Waals surface area contributed by atoms with Gasteiger partial charge < -0.3 is 44.7 Å². The second kappa shape index (κ2) is 31.3. The molecular weight excluding hydrogens is 674 g/mol. The Bertz CT molecular complexity index is 981. The summed E-state index contributed by atoms with van der Waals surface area (Å²) in [6.07, 6.45) is 22.3. The van der Waals surface area contributed by atoms with Gasteiger partial charge in [-0.05, 0) is 37.8 Å². The molecule has 5 N–H and O–H groups in total. The van der Waals surface area contributed by atoms with Crippen molar-refractivity contribution in [2.24, 2.45) is 0 Å². The van der Waals surface area contributed by atoms with E-state index in [9.17, 15) is 25.2 Å². The maximum atomic E-state index is 13.2. The van der Waals surface area contributed by atoms with Crippen LogP contribution < -0.4 is 14.8 Å². The minimum Gasteiger partial charge on any atom is -0.493 e. The summed E-state index contributed by atoms with van der Waals surface area (Å²) in [4.78, 5) is 13.2. The van der Waals surface area contributed by atoms with Crippen LogP contribution in [0.5, 0.6) is 11.5 Å². The van der Waals surface area contributed by atoms with E-state index in [1.54, 1.807) is 0 Å². The number of aliphatic hydroxyl groups is 4. The molecule has 0 radical (unpaired) electrons. The normalized spacial score (nSPS) is 20.1. The fraction of sp³-hybridized carbons (Fsp3) is 0.837. The highest BCUT2D eigenvalue weighted by Gasteiger charge is 2.43. The highest BCUT2D eigenvalue weighted by Crippen LogP contribution is 2.25. The standard InChI is InChI=1S/C43H77NO9/c1-3-5-7-9-11-13-15-17-20-24-28-50-36-31-35(32-37(33-36)51-29-25-21-18-16-14-12-10-8-6-4-2)42(49)44-27-23-19-22-26-30-52-43-41(48)40(47)39(46)38(34-45)53-43/h31-33,38-41,43,45-48H,3-30,34H2,1-2H3,(H,44,49)/t38-,39-,40+,41+,43+/m1/s1.